The van der Waals surface area contributed by atoms with Crippen LogP contribution in [-0.2, 0) is 20.7 Å². The monoisotopic (exact) mass is 461 g/mol. The quantitative estimate of drug-likeness (QED) is 0.539. The maximum Gasteiger partial charge on any atom is 0.332 e. The van der Waals surface area contributed by atoms with E-state index in [2.05, 4.69) is 5.32 Å². The highest BCUT2D eigenvalue weighted by Crippen LogP contribution is 2.06. The Labute approximate surface area is 194 Å². The van der Waals surface area contributed by atoms with Gasteiger partial charge in [0.25, 0.3) is 11.5 Å². The average Bonchev–Trinajstić information content (AvgIpc) is 3.11. The molecule has 0 saturated heterocycles. The molecule has 0 aliphatic rings. The van der Waals surface area contributed by atoms with Crippen molar-refractivity contribution in [3.05, 3.63) is 85.3 Å². The predicted molar refractivity (Wildman–Crippen MR) is 127 cm³/mol. The molecular weight excluding hydrogens is 438 g/mol. The van der Waals surface area contributed by atoms with Crippen LogP contribution in [0.15, 0.2) is 59.4 Å². The molecule has 1 amide bonds. The first-order valence-corrected chi connectivity index (χ1v) is 11.2. The summed E-state index contributed by atoms with van der Waals surface area (Å²) in [4.78, 5) is 37.9. The number of hydrogen-bond acceptors (Lipinski definition) is 6. The molecule has 2 aromatic carbocycles. The first-order valence-electron chi connectivity index (χ1n) is 10.4. The van der Waals surface area contributed by atoms with E-state index < -0.39 is 17.4 Å². The second-order valence-electron chi connectivity index (χ2n) is 7.12. The molecule has 0 atom stereocenters. The standard InChI is InChI=1S/C25H23N3O4S/c1-3-32-22(29)15-21-24(31)28(19-11-9-17(2)10-12-19)25(33-21)20(16-26)23(30)27-14-13-18-7-5-4-6-8-18/h4-12,15H,3,13-14H2,1-2H3,(H,27,30). The number of nitrogens with one attached hydrogen (secondary N) is 1. The first-order chi connectivity index (χ1) is 15.9. The van der Waals surface area contributed by atoms with Crippen molar-refractivity contribution < 1.29 is 14.3 Å². The van der Waals surface area contributed by atoms with Gasteiger partial charge in [-0.2, -0.15) is 5.26 Å². The summed E-state index contributed by atoms with van der Waals surface area (Å²) in [6.07, 6.45) is 1.69. The highest BCUT2D eigenvalue weighted by Gasteiger charge is 2.17. The summed E-state index contributed by atoms with van der Waals surface area (Å²) in [6.45, 7) is 4.07. The molecule has 0 aliphatic carbocycles. The fourth-order valence-electron chi connectivity index (χ4n) is 3.12. The van der Waals surface area contributed by atoms with E-state index >= 15 is 0 Å². The van der Waals surface area contributed by atoms with Crippen LogP contribution in [0.1, 0.15) is 18.1 Å². The number of rotatable bonds is 7. The van der Waals surface area contributed by atoms with Crippen molar-refractivity contribution in [2.45, 2.75) is 20.3 Å². The van der Waals surface area contributed by atoms with E-state index in [9.17, 15) is 19.6 Å². The number of benzene rings is 2. The van der Waals surface area contributed by atoms with Crippen LogP contribution in [0, 0.1) is 18.3 Å². The van der Waals surface area contributed by atoms with E-state index in [0.717, 1.165) is 28.5 Å². The van der Waals surface area contributed by atoms with Crippen LogP contribution < -0.4 is 20.1 Å². The van der Waals surface area contributed by atoms with Crippen molar-refractivity contribution in [2.75, 3.05) is 13.2 Å². The third-order valence-electron chi connectivity index (χ3n) is 4.75. The van der Waals surface area contributed by atoms with Gasteiger partial charge in [-0.25, -0.2) is 4.79 Å². The van der Waals surface area contributed by atoms with Crippen molar-refractivity contribution in [3.8, 4) is 11.8 Å². The molecule has 0 aliphatic heterocycles. The van der Waals surface area contributed by atoms with Crippen LogP contribution in [-0.4, -0.2) is 29.6 Å². The number of nitrogens with zero attached hydrogens (tertiary/aromatic N) is 2. The summed E-state index contributed by atoms with van der Waals surface area (Å²) in [5.74, 6) is -1.25. The molecule has 8 heteroatoms. The molecule has 3 rings (SSSR count). The van der Waals surface area contributed by atoms with Gasteiger partial charge in [0.05, 0.1) is 12.3 Å². The maximum absolute atomic E-state index is 13.1. The van der Waals surface area contributed by atoms with Crippen LogP contribution >= 0.6 is 11.3 Å². The molecule has 1 N–H and O–H groups in total. The Kier molecular flexibility index (Phi) is 7.95. The third kappa shape index (κ3) is 5.84. The maximum atomic E-state index is 13.1. The van der Waals surface area contributed by atoms with E-state index in [-0.39, 0.29) is 21.4 Å². The Morgan fingerprint density at radius 1 is 1.15 bits per heavy atom. The van der Waals surface area contributed by atoms with Crippen LogP contribution in [0.2, 0.25) is 0 Å². The molecule has 168 valence electrons. The van der Waals surface area contributed by atoms with Crippen LogP contribution in [0.25, 0.3) is 17.3 Å². The van der Waals surface area contributed by atoms with E-state index in [0.29, 0.717) is 18.7 Å². The Hall–Kier alpha value is -3.96. The number of hydrogen-bond donors (Lipinski definition) is 1. The van der Waals surface area contributed by atoms with Crippen molar-refractivity contribution in [3.63, 3.8) is 0 Å². The molecule has 0 bridgehead atoms. The van der Waals surface area contributed by atoms with Gasteiger partial charge in [0.2, 0.25) is 0 Å². The lowest BCUT2D eigenvalue weighted by molar-refractivity contribution is -0.135. The Morgan fingerprint density at radius 3 is 2.48 bits per heavy atom. The summed E-state index contributed by atoms with van der Waals surface area (Å²) in [6, 6.07) is 18.7. The number of carbonyl (C=O) groups excluding carboxylic acids is 2. The second-order valence-corrected chi connectivity index (χ2v) is 8.15. The van der Waals surface area contributed by atoms with Gasteiger partial charge in [-0.05, 0) is 38.0 Å². The van der Waals surface area contributed by atoms with Gasteiger partial charge in [0.15, 0.2) is 5.57 Å². The van der Waals surface area contributed by atoms with Gasteiger partial charge in [-0.3, -0.25) is 14.2 Å². The van der Waals surface area contributed by atoms with E-state index in [1.54, 1.807) is 19.1 Å². The van der Waals surface area contributed by atoms with Crippen molar-refractivity contribution >= 4 is 34.9 Å². The van der Waals surface area contributed by atoms with Gasteiger partial charge in [0.1, 0.15) is 15.3 Å². The lowest BCUT2D eigenvalue weighted by Gasteiger charge is -2.06. The summed E-state index contributed by atoms with van der Waals surface area (Å²) in [5, 5.41) is 12.5. The Balaban J connectivity index is 2.07. The second kappa shape index (κ2) is 11.1. The summed E-state index contributed by atoms with van der Waals surface area (Å²) < 4.78 is 6.43. The fraction of sp³-hybridized carbons (Fsp3) is 0.200. The van der Waals surface area contributed by atoms with Crippen LogP contribution in [0.3, 0.4) is 0 Å². The molecule has 0 radical (unpaired) electrons. The molecule has 1 aromatic heterocycles. The molecule has 0 fully saturated rings. The highest BCUT2D eigenvalue weighted by atomic mass is 32.1. The summed E-state index contributed by atoms with van der Waals surface area (Å²) in [7, 11) is 0. The minimum absolute atomic E-state index is 0.0776. The molecule has 0 spiro atoms. The summed E-state index contributed by atoms with van der Waals surface area (Å²) in [5.41, 5.74) is 1.83. The number of thiazole rings is 1. The minimum atomic E-state index is -0.663. The van der Waals surface area contributed by atoms with Gasteiger partial charge in [-0.1, -0.05) is 48.0 Å². The smallest absolute Gasteiger partial charge is 0.332 e. The van der Waals surface area contributed by atoms with E-state index in [4.69, 9.17) is 4.74 Å². The normalized spacial score (nSPS) is 12.1. The third-order valence-corrected chi connectivity index (χ3v) is 5.84. The molecule has 3 aromatic rings. The largest absolute Gasteiger partial charge is 0.463 e. The highest BCUT2D eigenvalue weighted by molar-refractivity contribution is 7.07. The Bertz CT molecular complexity index is 1360. The molecular formula is C25H23N3O4S. The lowest BCUT2D eigenvalue weighted by atomic mass is 10.1. The van der Waals surface area contributed by atoms with Crippen molar-refractivity contribution in [2.24, 2.45) is 0 Å². The minimum Gasteiger partial charge on any atom is -0.463 e. The van der Waals surface area contributed by atoms with Crippen molar-refractivity contribution in [1.82, 2.24) is 9.88 Å². The molecule has 33 heavy (non-hydrogen) atoms. The number of aryl methyl sites for hydroxylation is 1. The van der Waals surface area contributed by atoms with Crippen LogP contribution in [0.4, 0.5) is 0 Å². The molecule has 0 saturated carbocycles. The zero-order chi connectivity index (χ0) is 23.8. The average molecular weight is 462 g/mol. The molecule has 7 nitrogen and oxygen atoms in total. The fourth-order valence-corrected chi connectivity index (χ4v) is 4.18. The number of aromatic nitrogens is 1. The number of amides is 1. The lowest BCUT2D eigenvalue weighted by Crippen LogP contribution is -2.34. The number of ether oxygens (including phenoxy) is 1. The zero-order valence-corrected chi connectivity index (χ0v) is 19.1. The van der Waals surface area contributed by atoms with Crippen molar-refractivity contribution in [1.29, 1.82) is 5.26 Å². The van der Waals surface area contributed by atoms with Gasteiger partial charge in [-0.15, -0.1) is 11.3 Å². The van der Waals surface area contributed by atoms with Gasteiger partial charge >= 0.3 is 5.97 Å². The molecule has 1 heterocycles. The zero-order valence-electron chi connectivity index (χ0n) is 18.3. The van der Waals surface area contributed by atoms with Crippen LogP contribution in [0.5, 0.6) is 0 Å². The SMILES string of the molecule is CCOC(=O)C=c1sc(=C(C#N)C(=O)NCCc2ccccc2)n(-c2ccc(C)cc2)c1=O. The van der Waals surface area contributed by atoms with Gasteiger partial charge < -0.3 is 10.1 Å². The number of nitriles is 1. The number of carbonyl (C=O) groups is 2. The Morgan fingerprint density at radius 2 is 1.85 bits per heavy atom. The predicted octanol–water partition coefficient (Wildman–Crippen LogP) is 1.58. The van der Waals surface area contributed by atoms with E-state index in [1.165, 1.54) is 4.57 Å². The number of esters is 1. The molecule has 0 unspecified atom stereocenters. The first kappa shape index (κ1) is 23.7. The summed E-state index contributed by atoms with van der Waals surface area (Å²) >= 11 is 0.904. The van der Waals surface area contributed by atoms with Gasteiger partial charge in [0, 0.05) is 12.6 Å². The van der Waals surface area contributed by atoms with E-state index in [1.807, 2.05) is 55.5 Å². The topological polar surface area (TPSA) is 101 Å².